The van der Waals surface area contributed by atoms with Crippen LogP contribution in [0.2, 0.25) is 0 Å². The smallest absolute Gasteiger partial charge is 0.203 e. The van der Waals surface area contributed by atoms with Gasteiger partial charge in [0.2, 0.25) is 5.75 Å². The summed E-state index contributed by atoms with van der Waals surface area (Å²) in [5.41, 5.74) is 2.85. The molecule has 7 heteroatoms. The first kappa shape index (κ1) is 22.7. The van der Waals surface area contributed by atoms with E-state index in [-0.39, 0.29) is 5.78 Å². The molecule has 7 nitrogen and oxygen atoms in total. The van der Waals surface area contributed by atoms with Crippen molar-refractivity contribution < 1.29 is 28.5 Å². The van der Waals surface area contributed by atoms with E-state index in [1.807, 2.05) is 18.2 Å². The average Bonchev–Trinajstić information content (AvgIpc) is 2.85. The highest BCUT2D eigenvalue weighted by Gasteiger charge is 2.17. The van der Waals surface area contributed by atoms with Crippen LogP contribution >= 0.6 is 0 Å². The van der Waals surface area contributed by atoms with Gasteiger partial charge in [0.25, 0.3) is 0 Å². The summed E-state index contributed by atoms with van der Waals surface area (Å²) in [7, 11) is 7.68. The molecule has 0 unspecified atom stereocenters. The monoisotopic (exact) mass is 435 g/mol. The van der Waals surface area contributed by atoms with Crippen molar-refractivity contribution >= 4 is 11.9 Å². The molecule has 0 atom stereocenters. The number of rotatable bonds is 9. The molecule has 0 N–H and O–H groups in total. The molecule has 166 valence electrons. The van der Waals surface area contributed by atoms with E-state index in [9.17, 15) is 4.79 Å². The van der Waals surface area contributed by atoms with Crippen LogP contribution in [0.3, 0.4) is 0 Å². The molecule has 0 aliphatic rings. The van der Waals surface area contributed by atoms with Crippen LogP contribution in [0, 0.1) is 0 Å². The Kier molecular flexibility index (Phi) is 7.33. The van der Waals surface area contributed by atoms with Gasteiger partial charge in [0, 0.05) is 29.1 Å². The third kappa shape index (κ3) is 4.67. The molecule has 0 spiro atoms. The normalized spacial score (nSPS) is 10.7. The highest BCUT2D eigenvalue weighted by atomic mass is 16.5. The van der Waals surface area contributed by atoms with Gasteiger partial charge in [0.1, 0.15) is 0 Å². The zero-order valence-corrected chi connectivity index (χ0v) is 18.7. The summed E-state index contributed by atoms with van der Waals surface area (Å²) in [6.07, 6.45) is 6.64. The number of hydrogen-bond acceptors (Lipinski definition) is 7. The maximum absolute atomic E-state index is 12.9. The van der Waals surface area contributed by atoms with E-state index >= 15 is 0 Å². The number of allylic oxidation sites excluding steroid dienone is 1. The number of ketones is 1. The van der Waals surface area contributed by atoms with E-state index in [1.165, 1.54) is 27.4 Å². The Hall–Kier alpha value is -4.00. The lowest BCUT2D eigenvalue weighted by Gasteiger charge is -2.14. The van der Waals surface area contributed by atoms with E-state index in [2.05, 4.69) is 4.98 Å². The summed E-state index contributed by atoms with van der Waals surface area (Å²) in [4.78, 5) is 17.1. The molecule has 0 saturated heterocycles. The molecule has 3 aromatic rings. The predicted octanol–water partition coefficient (Wildman–Crippen LogP) is 4.69. The van der Waals surface area contributed by atoms with Crippen LogP contribution in [0.15, 0.2) is 54.9 Å². The van der Waals surface area contributed by atoms with Crippen LogP contribution in [0.25, 0.3) is 17.2 Å². The van der Waals surface area contributed by atoms with Gasteiger partial charge in [-0.1, -0.05) is 12.1 Å². The van der Waals surface area contributed by atoms with Crippen LogP contribution in [-0.4, -0.2) is 46.3 Å². The van der Waals surface area contributed by atoms with Crippen molar-refractivity contribution in [2.24, 2.45) is 0 Å². The molecule has 0 aliphatic carbocycles. The number of aromatic nitrogens is 1. The average molecular weight is 435 g/mol. The molecule has 0 amide bonds. The summed E-state index contributed by atoms with van der Waals surface area (Å²) in [5.74, 6) is 2.17. The number of benzene rings is 2. The lowest BCUT2D eigenvalue weighted by atomic mass is 10.0. The predicted molar refractivity (Wildman–Crippen MR) is 122 cm³/mol. The fourth-order valence-corrected chi connectivity index (χ4v) is 3.31. The summed E-state index contributed by atoms with van der Waals surface area (Å²) in [6.45, 7) is 0. The van der Waals surface area contributed by atoms with Crippen molar-refractivity contribution in [1.29, 1.82) is 0 Å². The standard InChI is InChI=1S/C25H25NO6/c1-28-21-12-16(11-19(24(21)31-4)17-7-6-10-26-15-17)8-9-20(27)18-13-22(29-2)25(32-5)23(14-18)30-3/h6-15H,1-5H3/b9-8+. The molecule has 0 fully saturated rings. The number of methoxy groups -OCH3 is 5. The fourth-order valence-electron chi connectivity index (χ4n) is 3.31. The minimum absolute atomic E-state index is 0.220. The zero-order chi connectivity index (χ0) is 23.1. The molecule has 0 saturated carbocycles. The van der Waals surface area contributed by atoms with Crippen molar-refractivity contribution in [1.82, 2.24) is 4.98 Å². The molecule has 1 aromatic heterocycles. The molecule has 0 aliphatic heterocycles. The molecule has 1 heterocycles. The highest BCUT2D eigenvalue weighted by Crippen LogP contribution is 2.40. The highest BCUT2D eigenvalue weighted by molar-refractivity contribution is 6.07. The third-order valence-electron chi connectivity index (χ3n) is 4.85. The number of ether oxygens (including phenoxy) is 5. The number of pyridine rings is 1. The third-order valence-corrected chi connectivity index (χ3v) is 4.85. The van der Waals surface area contributed by atoms with Gasteiger partial charge >= 0.3 is 0 Å². The second kappa shape index (κ2) is 10.3. The summed E-state index contributed by atoms with van der Waals surface area (Å²) < 4.78 is 27.1. The minimum atomic E-state index is -0.220. The number of nitrogens with zero attached hydrogens (tertiary/aromatic N) is 1. The molecule has 3 rings (SSSR count). The van der Waals surface area contributed by atoms with Gasteiger partial charge < -0.3 is 23.7 Å². The Morgan fingerprint density at radius 1 is 0.812 bits per heavy atom. The van der Waals surface area contributed by atoms with Gasteiger partial charge in [-0.05, 0) is 42.0 Å². The van der Waals surface area contributed by atoms with Crippen molar-refractivity contribution in [3.8, 4) is 39.9 Å². The lowest BCUT2D eigenvalue weighted by Crippen LogP contribution is -2.00. The Labute approximate surface area is 187 Å². The second-order valence-electron chi connectivity index (χ2n) is 6.66. The summed E-state index contributed by atoms with van der Waals surface area (Å²) in [5, 5.41) is 0. The first-order chi connectivity index (χ1) is 15.6. The van der Waals surface area contributed by atoms with E-state index in [1.54, 1.807) is 50.9 Å². The van der Waals surface area contributed by atoms with Crippen LogP contribution in [-0.2, 0) is 0 Å². The van der Waals surface area contributed by atoms with Crippen molar-refractivity contribution in [3.63, 3.8) is 0 Å². The minimum Gasteiger partial charge on any atom is -0.493 e. The van der Waals surface area contributed by atoms with Gasteiger partial charge in [-0.2, -0.15) is 0 Å². The van der Waals surface area contributed by atoms with Crippen LogP contribution in [0.5, 0.6) is 28.7 Å². The Morgan fingerprint density at radius 3 is 1.97 bits per heavy atom. The van der Waals surface area contributed by atoms with Gasteiger partial charge in [-0.3, -0.25) is 9.78 Å². The summed E-state index contributed by atoms with van der Waals surface area (Å²) in [6, 6.07) is 10.7. The van der Waals surface area contributed by atoms with Crippen LogP contribution in [0.4, 0.5) is 0 Å². The fraction of sp³-hybridized carbons (Fsp3) is 0.200. The van der Waals surface area contributed by atoms with E-state index in [0.717, 1.165) is 16.7 Å². The first-order valence-corrected chi connectivity index (χ1v) is 9.75. The molecular formula is C25H25NO6. The van der Waals surface area contributed by atoms with Crippen molar-refractivity contribution in [3.05, 3.63) is 66.0 Å². The quantitative estimate of drug-likeness (QED) is 0.357. The van der Waals surface area contributed by atoms with Crippen LogP contribution < -0.4 is 23.7 Å². The molecular weight excluding hydrogens is 410 g/mol. The van der Waals surface area contributed by atoms with Crippen molar-refractivity contribution in [2.75, 3.05) is 35.5 Å². The molecule has 2 aromatic carbocycles. The Balaban J connectivity index is 2.00. The molecule has 0 radical (unpaired) electrons. The van der Waals surface area contributed by atoms with Crippen molar-refractivity contribution in [2.45, 2.75) is 0 Å². The molecule has 0 bridgehead atoms. The zero-order valence-electron chi connectivity index (χ0n) is 18.7. The van der Waals surface area contributed by atoms with Gasteiger partial charge in [0.05, 0.1) is 35.5 Å². The van der Waals surface area contributed by atoms with E-state index < -0.39 is 0 Å². The SMILES string of the molecule is COc1cc(C(=O)/C=C/c2cc(OC)c(OC)c(-c3cccnc3)c2)cc(OC)c1OC. The maximum Gasteiger partial charge on any atom is 0.203 e. The number of hydrogen-bond donors (Lipinski definition) is 0. The number of carbonyl (C=O) groups is 1. The topological polar surface area (TPSA) is 76.1 Å². The Bertz CT molecular complexity index is 1100. The Morgan fingerprint density at radius 2 is 1.44 bits per heavy atom. The summed E-state index contributed by atoms with van der Waals surface area (Å²) >= 11 is 0. The van der Waals surface area contributed by atoms with E-state index in [4.69, 9.17) is 23.7 Å². The molecule has 32 heavy (non-hydrogen) atoms. The van der Waals surface area contributed by atoms with Gasteiger partial charge in [-0.15, -0.1) is 0 Å². The second-order valence-corrected chi connectivity index (χ2v) is 6.66. The maximum atomic E-state index is 12.9. The van der Waals surface area contributed by atoms with Gasteiger partial charge in [0.15, 0.2) is 28.8 Å². The lowest BCUT2D eigenvalue weighted by molar-refractivity contribution is 0.104. The largest absolute Gasteiger partial charge is 0.493 e. The first-order valence-electron chi connectivity index (χ1n) is 9.75. The number of carbonyl (C=O) groups excluding carboxylic acids is 1. The van der Waals surface area contributed by atoms with Crippen LogP contribution in [0.1, 0.15) is 15.9 Å². The van der Waals surface area contributed by atoms with E-state index in [0.29, 0.717) is 34.3 Å². The van der Waals surface area contributed by atoms with Gasteiger partial charge in [-0.25, -0.2) is 0 Å².